The number of halogens is 1. The van der Waals surface area contributed by atoms with Crippen LogP contribution in [0.5, 0.6) is 0 Å². The zero-order chi connectivity index (χ0) is 14.7. The molecule has 1 aromatic carbocycles. The third-order valence-corrected chi connectivity index (χ3v) is 3.34. The fourth-order valence-corrected chi connectivity index (χ4v) is 2.10. The Kier molecular flexibility index (Phi) is 4.25. The number of fused-ring (bicyclic) bond motifs is 1. The minimum Gasteiger partial charge on any atom is -0.466 e. The molecule has 0 amide bonds. The van der Waals surface area contributed by atoms with Gasteiger partial charge in [0.25, 0.3) is 0 Å². The molecule has 2 rings (SSSR count). The second-order valence-corrected chi connectivity index (χ2v) is 4.54. The fraction of sp³-hybridized carbons (Fsp3) is 0.200. The van der Waals surface area contributed by atoms with Crippen molar-refractivity contribution in [2.75, 3.05) is 7.11 Å². The molecule has 0 radical (unpaired) electrons. The molecule has 0 N–H and O–H groups in total. The van der Waals surface area contributed by atoms with Crippen molar-refractivity contribution in [3.8, 4) is 0 Å². The van der Waals surface area contributed by atoms with E-state index in [1.54, 1.807) is 12.1 Å². The standard InChI is InChI=1S/C15H13ClO4/c1-3-9-4-5-10-12(8-9)20-15(18)11(14(10)16)6-7-13(17)19-2/h4-8H,3H2,1-2H3. The van der Waals surface area contributed by atoms with Gasteiger partial charge in [0, 0.05) is 11.5 Å². The van der Waals surface area contributed by atoms with Gasteiger partial charge in [-0.2, -0.15) is 0 Å². The lowest BCUT2D eigenvalue weighted by molar-refractivity contribution is -0.134. The van der Waals surface area contributed by atoms with Crippen LogP contribution in [0.4, 0.5) is 0 Å². The smallest absolute Gasteiger partial charge is 0.345 e. The van der Waals surface area contributed by atoms with Gasteiger partial charge in [-0.3, -0.25) is 0 Å². The quantitative estimate of drug-likeness (QED) is 0.495. The van der Waals surface area contributed by atoms with E-state index in [1.165, 1.54) is 13.2 Å². The topological polar surface area (TPSA) is 56.5 Å². The summed E-state index contributed by atoms with van der Waals surface area (Å²) in [7, 11) is 1.25. The third kappa shape index (κ3) is 2.75. The first kappa shape index (κ1) is 14.3. The molecule has 0 spiro atoms. The van der Waals surface area contributed by atoms with E-state index < -0.39 is 11.6 Å². The first-order chi connectivity index (χ1) is 9.56. The maximum atomic E-state index is 11.9. The molecule has 1 aromatic heterocycles. The van der Waals surface area contributed by atoms with Crippen LogP contribution >= 0.6 is 11.6 Å². The molecule has 4 nitrogen and oxygen atoms in total. The van der Waals surface area contributed by atoms with Crippen molar-refractivity contribution in [3.63, 3.8) is 0 Å². The third-order valence-electron chi connectivity index (χ3n) is 2.94. The molecule has 0 aliphatic carbocycles. The Morgan fingerprint density at radius 3 is 2.85 bits per heavy atom. The van der Waals surface area contributed by atoms with E-state index in [9.17, 15) is 9.59 Å². The highest BCUT2D eigenvalue weighted by atomic mass is 35.5. The van der Waals surface area contributed by atoms with E-state index in [4.69, 9.17) is 16.0 Å². The first-order valence-corrected chi connectivity index (χ1v) is 6.46. The van der Waals surface area contributed by atoms with E-state index >= 15 is 0 Å². The van der Waals surface area contributed by atoms with E-state index in [1.807, 2.05) is 13.0 Å². The highest BCUT2D eigenvalue weighted by molar-refractivity contribution is 6.36. The van der Waals surface area contributed by atoms with Gasteiger partial charge in [-0.05, 0) is 30.2 Å². The zero-order valence-corrected chi connectivity index (χ0v) is 11.9. The van der Waals surface area contributed by atoms with E-state index in [-0.39, 0.29) is 10.6 Å². The summed E-state index contributed by atoms with van der Waals surface area (Å²) >= 11 is 6.21. The Balaban J connectivity index is 2.60. The number of esters is 1. The van der Waals surface area contributed by atoms with Gasteiger partial charge in [-0.15, -0.1) is 0 Å². The Morgan fingerprint density at radius 1 is 1.45 bits per heavy atom. The molecule has 20 heavy (non-hydrogen) atoms. The maximum absolute atomic E-state index is 11.9. The van der Waals surface area contributed by atoms with Crippen molar-refractivity contribution in [2.45, 2.75) is 13.3 Å². The molecule has 0 unspecified atom stereocenters. The van der Waals surface area contributed by atoms with E-state index in [0.717, 1.165) is 18.1 Å². The van der Waals surface area contributed by atoms with Crippen LogP contribution in [0.15, 0.2) is 33.5 Å². The van der Waals surface area contributed by atoms with Gasteiger partial charge in [0.05, 0.1) is 17.7 Å². The van der Waals surface area contributed by atoms with Crippen molar-refractivity contribution in [1.82, 2.24) is 0 Å². The molecule has 0 atom stereocenters. The second-order valence-electron chi connectivity index (χ2n) is 4.16. The van der Waals surface area contributed by atoms with Crippen LogP contribution in [0, 0.1) is 0 Å². The molecule has 0 saturated carbocycles. The van der Waals surface area contributed by atoms with Crippen molar-refractivity contribution >= 4 is 34.6 Å². The Hall–Kier alpha value is -2.07. The van der Waals surface area contributed by atoms with Crippen LogP contribution < -0.4 is 5.63 Å². The monoisotopic (exact) mass is 292 g/mol. The summed E-state index contributed by atoms with van der Waals surface area (Å²) in [6.07, 6.45) is 3.26. The summed E-state index contributed by atoms with van der Waals surface area (Å²) < 4.78 is 9.71. The largest absolute Gasteiger partial charge is 0.466 e. The number of aryl methyl sites for hydroxylation is 1. The molecule has 0 bridgehead atoms. The molecule has 0 saturated heterocycles. The van der Waals surface area contributed by atoms with Crippen molar-refractivity contribution in [1.29, 1.82) is 0 Å². The summed E-state index contributed by atoms with van der Waals surface area (Å²) in [6, 6.07) is 5.51. The van der Waals surface area contributed by atoms with Crippen LogP contribution in [0.1, 0.15) is 18.1 Å². The zero-order valence-electron chi connectivity index (χ0n) is 11.1. The average molecular weight is 293 g/mol. The Labute approximate surface area is 120 Å². The number of hydrogen-bond acceptors (Lipinski definition) is 4. The van der Waals surface area contributed by atoms with Crippen LogP contribution in [0.2, 0.25) is 5.02 Å². The number of rotatable bonds is 3. The lowest BCUT2D eigenvalue weighted by atomic mass is 10.1. The molecule has 0 aliphatic heterocycles. The Morgan fingerprint density at radius 2 is 2.20 bits per heavy atom. The van der Waals surface area contributed by atoms with Gasteiger partial charge in [0.1, 0.15) is 5.58 Å². The molecule has 0 fully saturated rings. The van der Waals surface area contributed by atoms with Crippen LogP contribution in [0.25, 0.3) is 17.0 Å². The number of ether oxygens (including phenoxy) is 1. The van der Waals surface area contributed by atoms with Gasteiger partial charge in [0.2, 0.25) is 0 Å². The number of methoxy groups -OCH3 is 1. The number of benzene rings is 1. The van der Waals surface area contributed by atoms with Gasteiger partial charge < -0.3 is 9.15 Å². The van der Waals surface area contributed by atoms with Crippen LogP contribution in [-0.4, -0.2) is 13.1 Å². The normalized spacial score (nSPS) is 11.2. The van der Waals surface area contributed by atoms with Crippen molar-refractivity contribution < 1.29 is 13.9 Å². The lowest BCUT2D eigenvalue weighted by Crippen LogP contribution is -2.05. The molecule has 0 aliphatic rings. The van der Waals surface area contributed by atoms with E-state index in [0.29, 0.717) is 11.0 Å². The molecular formula is C15H13ClO4. The molecule has 1 heterocycles. The summed E-state index contributed by atoms with van der Waals surface area (Å²) in [5.74, 6) is -0.568. The summed E-state index contributed by atoms with van der Waals surface area (Å²) in [5.41, 5.74) is 1.04. The highest BCUT2D eigenvalue weighted by Crippen LogP contribution is 2.26. The fourth-order valence-electron chi connectivity index (χ4n) is 1.80. The molecule has 5 heteroatoms. The number of hydrogen-bond donors (Lipinski definition) is 0. The van der Waals surface area contributed by atoms with E-state index in [2.05, 4.69) is 4.74 Å². The van der Waals surface area contributed by atoms with Crippen molar-refractivity contribution in [3.05, 3.63) is 50.8 Å². The predicted octanol–water partition coefficient (Wildman–Crippen LogP) is 3.20. The maximum Gasteiger partial charge on any atom is 0.345 e. The Bertz CT molecular complexity index is 743. The number of carbonyl (C=O) groups is 1. The predicted molar refractivity (Wildman–Crippen MR) is 77.9 cm³/mol. The SMILES string of the molecule is CCc1ccc2c(Cl)c(C=CC(=O)OC)c(=O)oc2c1. The van der Waals surface area contributed by atoms with Gasteiger partial charge in [0.15, 0.2) is 0 Å². The van der Waals surface area contributed by atoms with Crippen LogP contribution in [0.3, 0.4) is 0 Å². The number of carbonyl (C=O) groups excluding carboxylic acids is 1. The van der Waals surface area contributed by atoms with Crippen molar-refractivity contribution in [2.24, 2.45) is 0 Å². The summed E-state index contributed by atoms with van der Waals surface area (Å²) in [4.78, 5) is 23.0. The summed E-state index contributed by atoms with van der Waals surface area (Å²) in [6.45, 7) is 2.01. The van der Waals surface area contributed by atoms with Gasteiger partial charge in [-0.25, -0.2) is 9.59 Å². The van der Waals surface area contributed by atoms with Gasteiger partial charge in [-0.1, -0.05) is 24.6 Å². The molecular weight excluding hydrogens is 280 g/mol. The lowest BCUT2D eigenvalue weighted by Gasteiger charge is -2.04. The minimum atomic E-state index is -0.587. The van der Waals surface area contributed by atoms with Crippen LogP contribution in [-0.2, 0) is 16.0 Å². The van der Waals surface area contributed by atoms with Gasteiger partial charge >= 0.3 is 11.6 Å². The minimum absolute atomic E-state index is 0.133. The molecule has 104 valence electrons. The molecule has 2 aromatic rings. The first-order valence-electron chi connectivity index (χ1n) is 6.08. The summed E-state index contributed by atoms with van der Waals surface area (Å²) in [5, 5.41) is 0.895. The highest BCUT2D eigenvalue weighted by Gasteiger charge is 2.11. The second kappa shape index (κ2) is 5.92. The average Bonchev–Trinajstić information content (AvgIpc) is 2.45.